The minimum absolute atomic E-state index is 0.149. The Morgan fingerprint density at radius 3 is 2.65 bits per heavy atom. The number of rotatable bonds is 6. The van der Waals surface area contributed by atoms with Crippen LogP contribution in [0.2, 0.25) is 0 Å². The number of hydrogen-bond donors (Lipinski definition) is 1. The Bertz CT molecular complexity index is 1170. The van der Waals surface area contributed by atoms with Gasteiger partial charge in [0.15, 0.2) is 5.58 Å². The molecule has 7 heteroatoms. The average molecular weight is 431 g/mol. The molecule has 0 radical (unpaired) electrons. The molecule has 1 aliphatic heterocycles. The van der Waals surface area contributed by atoms with E-state index in [-0.39, 0.29) is 5.91 Å². The molecule has 0 unspecified atom stereocenters. The molecule has 2 aromatic heterocycles. The minimum Gasteiger partial charge on any atom is -0.431 e. The molecular weight excluding hydrogens is 408 g/mol. The zero-order valence-electron chi connectivity index (χ0n) is 17.0. The van der Waals surface area contributed by atoms with Crippen LogP contribution < -0.4 is 10.2 Å². The summed E-state index contributed by atoms with van der Waals surface area (Å²) in [5.41, 5.74) is 3.85. The molecule has 0 atom stereocenters. The zero-order valence-corrected chi connectivity index (χ0v) is 17.8. The molecule has 0 aliphatic carbocycles. The summed E-state index contributed by atoms with van der Waals surface area (Å²) in [7, 11) is 0. The summed E-state index contributed by atoms with van der Waals surface area (Å²) in [5, 5.41) is 3.56. The highest BCUT2D eigenvalue weighted by molar-refractivity contribution is 7.98. The summed E-state index contributed by atoms with van der Waals surface area (Å²) in [4.78, 5) is 24.2. The highest BCUT2D eigenvalue weighted by Gasteiger charge is 2.15. The van der Waals surface area contributed by atoms with Crippen molar-refractivity contribution in [2.75, 3.05) is 23.3 Å². The van der Waals surface area contributed by atoms with Crippen molar-refractivity contribution in [3.05, 3.63) is 78.0 Å². The first kappa shape index (κ1) is 19.6. The summed E-state index contributed by atoms with van der Waals surface area (Å²) in [6.07, 6.45) is 4.14. The second-order valence-electron chi connectivity index (χ2n) is 7.45. The number of hydrogen-bond acceptors (Lipinski definition) is 6. The Labute approximate surface area is 184 Å². The van der Waals surface area contributed by atoms with Crippen molar-refractivity contribution in [3.8, 4) is 0 Å². The van der Waals surface area contributed by atoms with Crippen LogP contribution in [0.1, 0.15) is 28.8 Å². The lowest BCUT2D eigenvalue weighted by Gasteiger charge is -2.16. The van der Waals surface area contributed by atoms with Crippen molar-refractivity contribution >= 4 is 40.3 Å². The average Bonchev–Trinajstić information content (AvgIpc) is 3.48. The van der Waals surface area contributed by atoms with Crippen molar-refractivity contribution < 1.29 is 9.21 Å². The van der Waals surface area contributed by atoms with Crippen LogP contribution in [0.5, 0.6) is 0 Å². The number of fused-ring (bicyclic) bond motifs is 1. The van der Waals surface area contributed by atoms with Crippen LogP contribution >= 0.6 is 11.8 Å². The molecule has 31 heavy (non-hydrogen) atoms. The summed E-state index contributed by atoms with van der Waals surface area (Å²) in [6, 6.07) is 19.2. The molecule has 3 heterocycles. The van der Waals surface area contributed by atoms with Crippen LogP contribution in [0.15, 0.2) is 76.5 Å². The highest BCUT2D eigenvalue weighted by Crippen LogP contribution is 2.27. The molecular formula is C24H22N4O2S. The fraction of sp³-hybridized carbons (Fsp3) is 0.208. The van der Waals surface area contributed by atoms with Gasteiger partial charge in [0.1, 0.15) is 11.3 Å². The molecule has 2 aromatic carbocycles. The quantitative estimate of drug-likeness (QED) is 0.415. The van der Waals surface area contributed by atoms with E-state index in [1.807, 2.05) is 60.7 Å². The molecule has 156 valence electrons. The summed E-state index contributed by atoms with van der Waals surface area (Å²) in [6.45, 7) is 2.09. The molecule has 1 fully saturated rings. The van der Waals surface area contributed by atoms with Gasteiger partial charge in [0.2, 0.25) is 0 Å². The molecule has 1 saturated heterocycles. The number of thioether (sulfide) groups is 1. The van der Waals surface area contributed by atoms with Crippen LogP contribution in [0, 0.1) is 0 Å². The van der Waals surface area contributed by atoms with Crippen LogP contribution in [-0.4, -0.2) is 29.0 Å². The number of oxazole rings is 1. The number of amides is 1. The van der Waals surface area contributed by atoms with Crippen molar-refractivity contribution in [3.63, 3.8) is 0 Å². The van der Waals surface area contributed by atoms with Crippen molar-refractivity contribution in [1.82, 2.24) is 9.97 Å². The van der Waals surface area contributed by atoms with Gasteiger partial charge in [-0.25, -0.2) is 9.97 Å². The van der Waals surface area contributed by atoms with Gasteiger partial charge in [0.25, 0.3) is 11.1 Å². The number of aromatic nitrogens is 2. The van der Waals surface area contributed by atoms with E-state index in [1.165, 1.54) is 24.6 Å². The number of carbonyl (C=O) groups excluding carboxylic acids is 1. The number of benzene rings is 2. The van der Waals surface area contributed by atoms with Gasteiger partial charge in [-0.05, 0) is 48.7 Å². The highest BCUT2D eigenvalue weighted by atomic mass is 32.2. The lowest BCUT2D eigenvalue weighted by molar-refractivity contribution is 0.102. The SMILES string of the molecule is O=C(Nc1ccc(N2CCCC2)nc1)c1ccccc1CSc1nc2ccccc2o1. The van der Waals surface area contributed by atoms with Crippen molar-refractivity contribution in [2.24, 2.45) is 0 Å². The third-order valence-corrected chi connectivity index (χ3v) is 6.20. The minimum atomic E-state index is -0.149. The van der Waals surface area contributed by atoms with Crippen LogP contribution in [-0.2, 0) is 5.75 Å². The fourth-order valence-electron chi connectivity index (χ4n) is 3.71. The third kappa shape index (κ3) is 4.41. The lowest BCUT2D eigenvalue weighted by Crippen LogP contribution is -2.19. The van der Waals surface area contributed by atoms with E-state index in [0.717, 1.165) is 35.6 Å². The van der Waals surface area contributed by atoms with Gasteiger partial charge in [-0.1, -0.05) is 42.1 Å². The van der Waals surface area contributed by atoms with E-state index < -0.39 is 0 Å². The van der Waals surface area contributed by atoms with Gasteiger partial charge in [-0.3, -0.25) is 4.79 Å². The molecule has 4 aromatic rings. The van der Waals surface area contributed by atoms with Gasteiger partial charge < -0.3 is 14.6 Å². The number of para-hydroxylation sites is 2. The molecule has 6 nitrogen and oxygen atoms in total. The normalized spacial score (nSPS) is 13.6. The van der Waals surface area contributed by atoms with E-state index in [4.69, 9.17) is 4.42 Å². The number of nitrogens with one attached hydrogen (secondary N) is 1. The monoisotopic (exact) mass is 430 g/mol. The van der Waals surface area contributed by atoms with Crippen molar-refractivity contribution in [1.29, 1.82) is 0 Å². The molecule has 0 bridgehead atoms. The number of carbonyl (C=O) groups is 1. The topological polar surface area (TPSA) is 71.3 Å². The van der Waals surface area contributed by atoms with E-state index in [0.29, 0.717) is 22.2 Å². The third-order valence-electron chi connectivity index (χ3n) is 5.32. The molecule has 1 aliphatic rings. The molecule has 0 saturated carbocycles. The van der Waals surface area contributed by atoms with Crippen molar-refractivity contribution in [2.45, 2.75) is 23.8 Å². The van der Waals surface area contributed by atoms with E-state index in [1.54, 1.807) is 6.20 Å². The number of pyridine rings is 1. The van der Waals surface area contributed by atoms with E-state index in [2.05, 4.69) is 20.2 Å². The predicted octanol–water partition coefficient (Wildman–Crippen LogP) is 5.37. The zero-order chi connectivity index (χ0) is 21.0. The van der Waals surface area contributed by atoms with E-state index in [9.17, 15) is 4.79 Å². The van der Waals surface area contributed by atoms with Gasteiger partial charge in [0, 0.05) is 24.4 Å². The predicted molar refractivity (Wildman–Crippen MR) is 124 cm³/mol. The van der Waals surface area contributed by atoms with Crippen LogP contribution in [0.3, 0.4) is 0 Å². The van der Waals surface area contributed by atoms with Gasteiger partial charge in [-0.2, -0.15) is 0 Å². The second kappa shape index (κ2) is 8.81. The maximum absolute atomic E-state index is 12.9. The standard InChI is InChI=1S/C24H22N4O2S/c29-23(26-18-11-12-22(25-15-18)28-13-5-6-14-28)19-8-2-1-7-17(19)16-31-24-27-20-9-3-4-10-21(20)30-24/h1-4,7-12,15H,5-6,13-14,16H2,(H,26,29). The van der Waals surface area contributed by atoms with Crippen LogP contribution in [0.25, 0.3) is 11.1 Å². The first-order valence-corrected chi connectivity index (χ1v) is 11.3. The molecule has 0 spiro atoms. The Morgan fingerprint density at radius 1 is 1.03 bits per heavy atom. The smallest absolute Gasteiger partial charge is 0.257 e. The summed E-state index contributed by atoms with van der Waals surface area (Å²) >= 11 is 1.48. The molecule has 5 rings (SSSR count). The Hall–Kier alpha value is -3.32. The number of anilines is 2. The Balaban J connectivity index is 1.27. The maximum Gasteiger partial charge on any atom is 0.257 e. The second-order valence-corrected chi connectivity index (χ2v) is 8.37. The van der Waals surface area contributed by atoms with Gasteiger partial charge >= 0.3 is 0 Å². The Morgan fingerprint density at radius 2 is 1.84 bits per heavy atom. The van der Waals surface area contributed by atoms with Gasteiger partial charge in [0.05, 0.1) is 11.9 Å². The van der Waals surface area contributed by atoms with Crippen LogP contribution in [0.4, 0.5) is 11.5 Å². The number of nitrogens with zero attached hydrogens (tertiary/aromatic N) is 3. The molecule has 1 N–H and O–H groups in total. The lowest BCUT2D eigenvalue weighted by atomic mass is 10.1. The first-order chi connectivity index (χ1) is 15.3. The summed E-state index contributed by atoms with van der Waals surface area (Å²) < 4.78 is 5.78. The van der Waals surface area contributed by atoms with E-state index >= 15 is 0 Å². The molecule has 1 amide bonds. The maximum atomic E-state index is 12.9. The van der Waals surface area contributed by atoms with Gasteiger partial charge in [-0.15, -0.1) is 0 Å². The fourth-order valence-corrected chi connectivity index (χ4v) is 4.55. The Kier molecular flexibility index (Phi) is 5.58. The summed E-state index contributed by atoms with van der Waals surface area (Å²) in [5.74, 6) is 1.40. The first-order valence-electron chi connectivity index (χ1n) is 10.3. The largest absolute Gasteiger partial charge is 0.431 e.